The van der Waals surface area contributed by atoms with Crippen molar-refractivity contribution in [3.63, 3.8) is 0 Å². The van der Waals surface area contributed by atoms with Gasteiger partial charge in [-0.2, -0.15) is 0 Å². The van der Waals surface area contributed by atoms with Crippen LogP contribution in [-0.4, -0.2) is 44.8 Å². The van der Waals surface area contributed by atoms with E-state index in [1.54, 1.807) is 3.59 Å². The first kappa shape index (κ1) is 19.1. The quantitative estimate of drug-likeness (QED) is 0.381. The van der Waals surface area contributed by atoms with E-state index in [1.165, 1.54) is 6.42 Å². The van der Waals surface area contributed by atoms with Gasteiger partial charge in [0, 0.05) is 0 Å². The molecule has 0 aromatic heterocycles. The van der Waals surface area contributed by atoms with Crippen LogP contribution in [0, 0.1) is 11.5 Å². The summed E-state index contributed by atoms with van der Waals surface area (Å²) in [7, 11) is -1.25. The van der Waals surface area contributed by atoms with Gasteiger partial charge in [0.2, 0.25) is 0 Å². The predicted octanol–water partition coefficient (Wildman–Crippen LogP) is 5.33. The topological polar surface area (TPSA) is 0 Å². The molecule has 0 heterocycles. The fraction of sp³-hybridized carbons (Fsp3) is 0.733. The molecule has 0 rings (SSSR count). The molecule has 0 radical (unpaired) electrons. The molecule has 0 aliphatic carbocycles. The van der Waals surface area contributed by atoms with Crippen LogP contribution in [0.1, 0.15) is 13.3 Å². The zero-order chi connectivity index (χ0) is 14.8. The molecule has 18 heavy (non-hydrogen) atoms. The third-order valence-electron chi connectivity index (χ3n) is 2.87. The summed E-state index contributed by atoms with van der Waals surface area (Å²) >= 11 is -4.03. The van der Waals surface area contributed by atoms with Crippen LogP contribution < -0.4 is 0 Å². The third kappa shape index (κ3) is 7.05. The van der Waals surface area contributed by atoms with Gasteiger partial charge >= 0.3 is 126 Å². The SMILES string of the molecule is CC/[C](=[C](/C#C[Si](C)(C)C)[Sn]([CH3])([CH3])[CH3])[Sn]([CH3])([CH3])[CH3]. The first-order valence-electron chi connectivity index (χ1n) is 7.06. The van der Waals surface area contributed by atoms with Crippen molar-refractivity contribution in [1.29, 1.82) is 0 Å². The van der Waals surface area contributed by atoms with Gasteiger partial charge in [0.15, 0.2) is 0 Å². The normalized spacial score (nSPS) is 14.8. The van der Waals surface area contributed by atoms with Gasteiger partial charge in [0.05, 0.1) is 0 Å². The van der Waals surface area contributed by atoms with Crippen LogP contribution in [-0.2, 0) is 0 Å². The van der Waals surface area contributed by atoms with E-state index in [0.717, 1.165) is 0 Å². The predicted molar refractivity (Wildman–Crippen MR) is 95.1 cm³/mol. The van der Waals surface area contributed by atoms with E-state index in [0.29, 0.717) is 0 Å². The summed E-state index contributed by atoms with van der Waals surface area (Å²) < 4.78 is 3.48. The molecule has 0 amide bonds. The minimum absolute atomic E-state index is 1.24. The molecule has 0 atom stereocenters. The average Bonchev–Trinajstić information content (AvgIpc) is 2.05. The fourth-order valence-corrected chi connectivity index (χ4v) is 26.9. The standard InChI is InChI=1S/C9H14Si.6CH3.2Sn/c1-5-6-7-8-9-10(2,3)4;;;;;;;;/h5H2,1-4H3;6*1H3;;. The minimum atomic E-state index is -2.07. The Balaban J connectivity index is 5.92. The van der Waals surface area contributed by atoms with Crippen molar-refractivity contribution in [2.75, 3.05) is 0 Å². The second kappa shape index (κ2) is 6.71. The summed E-state index contributed by atoms with van der Waals surface area (Å²) in [5.74, 6) is 3.69. The van der Waals surface area contributed by atoms with E-state index in [1.807, 2.05) is 3.59 Å². The maximum absolute atomic E-state index is 3.69. The van der Waals surface area contributed by atoms with Crippen LogP contribution in [0.15, 0.2) is 7.18 Å². The second-order valence-corrected chi connectivity index (χ2v) is 41.8. The fourth-order valence-electron chi connectivity index (χ4n) is 2.05. The molecule has 0 fully saturated rings. The monoisotopic (exact) mass is 480 g/mol. The molecule has 0 nitrogen and oxygen atoms in total. The maximum atomic E-state index is 3.69. The van der Waals surface area contributed by atoms with Crippen LogP contribution in [0.2, 0.25) is 49.3 Å². The van der Waals surface area contributed by atoms with Crippen molar-refractivity contribution in [3.05, 3.63) is 7.18 Å². The molecule has 104 valence electrons. The molecule has 0 N–H and O–H groups in total. The molecule has 0 saturated carbocycles. The van der Waals surface area contributed by atoms with E-state index in [2.05, 4.69) is 67.7 Å². The first-order valence-corrected chi connectivity index (χ1v) is 30.5. The number of allylic oxidation sites excluding steroid dienone is 2. The molecule has 0 aliphatic rings. The molecular formula is C15H32SiSn2. The number of hydrogen-bond donors (Lipinski definition) is 0. The van der Waals surface area contributed by atoms with Crippen molar-refractivity contribution in [2.45, 2.75) is 62.6 Å². The Morgan fingerprint density at radius 3 is 1.56 bits per heavy atom. The van der Waals surface area contributed by atoms with Crippen LogP contribution in [0.25, 0.3) is 0 Å². The Hall–Kier alpha value is 1.11. The van der Waals surface area contributed by atoms with Crippen LogP contribution in [0.3, 0.4) is 0 Å². The van der Waals surface area contributed by atoms with E-state index < -0.39 is 44.8 Å². The Kier molecular flexibility index (Phi) is 7.13. The van der Waals surface area contributed by atoms with E-state index in [-0.39, 0.29) is 0 Å². The van der Waals surface area contributed by atoms with Crippen LogP contribution >= 0.6 is 0 Å². The van der Waals surface area contributed by atoms with Gasteiger partial charge in [-0.1, -0.05) is 0 Å². The van der Waals surface area contributed by atoms with E-state index in [9.17, 15) is 0 Å². The Morgan fingerprint density at radius 2 is 1.33 bits per heavy atom. The zero-order valence-corrected chi connectivity index (χ0v) is 20.9. The summed E-state index contributed by atoms with van der Waals surface area (Å²) in [4.78, 5) is 15.2. The zero-order valence-electron chi connectivity index (χ0n) is 14.2. The summed E-state index contributed by atoms with van der Waals surface area (Å²) in [5.41, 5.74) is 3.63. The summed E-state index contributed by atoms with van der Waals surface area (Å²) in [6.45, 7) is 9.39. The molecule has 0 unspecified atom stereocenters. The van der Waals surface area contributed by atoms with Crippen molar-refractivity contribution in [3.8, 4) is 11.5 Å². The molecule has 0 aromatic carbocycles. The van der Waals surface area contributed by atoms with E-state index in [4.69, 9.17) is 0 Å². The van der Waals surface area contributed by atoms with Gasteiger partial charge < -0.3 is 0 Å². The van der Waals surface area contributed by atoms with E-state index >= 15 is 0 Å². The number of hydrogen-bond acceptors (Lipinski definition) is 0. The van der Waals surface area contributed by atoms with Gasteiger partial charge in [-0.3, -0.25) is 0 Å². The third-order valence-corrected chi connectivity index (χ3v) is 18.2. The van der Waals surface area contributed by atoms with Crippen molar-refractivity contribution < 1.29 is 0 Å². The Labute approximate surface area is 125 Å². The van der Waals surface area contributed by atoms with Gasteiger partial charge in [0.25, 0.3) is 0 Å². The van der Waals surface area contributed by atoms with Crippen LogP contribution in [0.5, 0.6) is 0 Å². The Morgan fingerprint density at radius 1 is 0.889 bits per heavy atom. The molecule has 0 aromatic rings. The molecule has 3 heteroatoms. The van der Waals surface area contributed by atoms with Crippen LogP contribution in [0.4, 0.5) is 0 Å². The molecule has 0 spiro atoms. The molecule has 0 bridgehead atoms. The second-order valence-electron chi connectivity index (χ2n) is 8.21. The molecule has 0 saturated heterocycles. The van der Waals surface area contributed by atoms with Crippen molar-refractivity contribution in [1.82, 2.24) is 0 Å². The summed E-state index contributed by atoms with van der Waals surface area (Å²) in [6.07, 6.45) is 1.24. The molecular weight excluding hydrogens is 446 g/mol. The van der Waals surface area contributed by atoms with Gasteiger partial charge in [-0.15, -0.1) is 0 Å². The molecule has 0 aliphatic heterocycles. The summed E-state index contributed by atoms with van der Waals surface area (Å²) in [5, 5.41) is 0. The first-order chi connectivity index (χ1) is 7.79. The average molecular weight is 478 g/mol. The van der Waals surface area contributed by atoms with Gasteiger partial charge in [-0.25, -0.2) is 0 Å². The van der Waals surface area contributed by atoms with Crippen molar-refractivity contribution >= 4 is 44.8 Å². The number of rotatable bonds is 3. The van der Waals surface area contributed by atoms with Crippen molar-refractivity contribution in [2.24, 2.45) is 0 Å². The Bertz CT molecular complexity index is 376. The summed E-state index contributed by atoms with van der Waals surface area (Å²) in [6, 6.07) is 0. The van der Waals surface area contributed by atoms with Gasteiger partial charge in [0.1, 0.15) is 0 Å². The van der Waals surface area contributed by atoms with Gasteiger partial charge in [-0.05, 0) is 0 Å².